The zero-order valence-electron chi connectivity index (χ0n) is 14.8. The smallest absolute Gasteiger partial charge is 0.194 e. The summed E-state index contributed by atoms with van der Waals surface area (Å²) in [6.45, 7) is 6.20. The Morgan fingerprint density at radius 3 is 3.04 bits per heavy atom. The molecule has 6 heteroatoms. The lowest BCUT2D eigenvalue weighted by Gasteiger charge is -2.24. The van der Waals surface area contributed by atoms with Crippen LogP contribution in [-0.2, 0) is 11.3 Å². The lowest BCUT2D eigenvalue weighted by atomic mass is 9.87. The lowest BCUT2D eigenvalue weighted by molar-refractivity contribution is 0.156. The molecule has 1 atom stereocenters. The van der Waals surface area contributed by atoms with Gasteiger partial charge in [-0.3, -0.25) is 4.99 Å². The van der Waals surface area contributed by atoms with Crippen LogP contribution in [0, 0.1) is 18.2 Å². The zero-order valence-corrected chi connectivity index (χ0v) is 14.8. The summed E-state index contributed by atoms with van der Waals surface area (Å²) in [6.07, 6.45) is 2.28. The Bertz CT molecular complexity index is 808. The lowest BCUT2D eigenvalue weighted by Crippen LogP contribution is -2.41. The minimum atomic E-state index is -0.243. The third kappa shape index (κ3) is 2.99. The van der Waals surface area contributed by atoms with Gasteiger partial charge in [0.2, 0.25) is 0 Å². The van der Waals surface area contributed by atoms with Crippen LogP contribution in [-0.4, -0.2) is 44.2 Å². The largest absolute Gasteiger partial charge is 0.459 e. The van der Waals surface area contributed by atoms with Crippen molar-refractivity contribution < 1.29 is 13.5 Å². The first kappa shape index (κ1) is 16.4. The topological polar surface area (TPSA) is 50.0 Å². The number of rotatable bonds is 2. The number of furan rings is 1. The summed E-state index contributed by atoms with van der Waals surface area (Å²) >= 11 is 0. The second-order valence-corrected chi connectivity index (χ2v) is 7.17. The highest BCUT2D eigenvalue weighted by Gasteiger charge is 2.42. The van der Waals surface area contributed by atoms with E-state index in [-0.39, 0.29) is 5.82 Å². The average molecular weight is 345 g/mol. The Hall–Kier alpha value is -2.08. The second kappa shape index (κ2) is 6.33. The van der Waals surface area contributed by atoms with Gasteiger partial charge < -0.3 is 19.4 Å². The molecule has 1 aromatic heterocycles. The summed E-state index contributed by atoms with van der Waals surface area (Å²) < 4.78 is 24.9. The number of benzene rings is 1. The first-order chi connectivity index (χ1) is 12.1. The third-order valence-corrected chi connectivity index (χ3v) is 5.54. The van der Waals surface area contributed by atoms with E-state index in [4.69, 9.17) is 9.15 Å². The van der Waals surface area contributed by atoms with Crippen molar-refractivity contribution in [1.29, 1.82) is 0 Å². The first-order valence-electron chi connectivity index (χ1n) is 8.81. The fraction of sp³-hybridized carbons (Fsp3) is 0.526. The summed E-state index contributed by atoms with van der Waals surface area (Å²) in [6, 6.07) is 4.63. The molecule has 3 heterocycles. The van der Waals surface area contributed by atoms with Gasteiger partial charge in [-0.15, -0.1) is 0 Å². The van der Waals surface area contributed by atoms with Crippen LogP contribution in [0.25, 0.3) is 11.0 Å². The fourth-order valence-electron chi connectivity index (χ4n) is 3.99. The van der Waals surface area contributed by atoms with Gasteiger partial charge in [0, 0.05) is 43.1 Å². The molecule has 0 amide bonds. The van der Waals surface area contributed by atoms with E-state index in [9.17, 15) is 4.39 Å². The molecule has 5 nitrogen and oxygen atoms in total. The van der Waals surface area contributed by atoms with Crippen LogP contribution in [0.1, 0.15) is 24.2 Å². The molecular formula is C19H24FN3O2. The van der Waals surface area contributed by atoms with Crippen molar-refractivity contribution in [1.82, 2.24) is 10.2 Å². The summed E-state index contributed by atoms with van der Waals surface area (Å²) in [5, 5.41) is 4.23. The predicted octanol–water partition coefficient (Wildman–Crippen LogP) is 3.07. The van der Waals surface area contributed by atoms with E-state index in [0.29, 0.717) is 17.5 Å². The number of likely N-dealkylation sites (tertiary alicyclic amines) is 1. The molecule has 134 valence electrons. The minimum Gasteiger partial charge on any atom is -0.459 e. The van der Waals surface area contributed by atoms with Gasteiger partial charge in [0.15, 0.2) is 5.96 Å². The van der Waals surface area contributed by atoms with Gasteiger partial charge in [-0.25, -0.2) is 4.39 Å². The molecule has 0 saturated carbocycles. The molecule has 1 aromatic carbocycles. The molecule has 4 rings (SSSR count). The molecule has 0 aliphatic carbocycles. The van der Waals surface area contributed by atoms with Gasteiger partial charge in [0.25, 0.3) is 0 Å². The molecule has 0 bridgehead atoms. The highest BCUT2D eigenvalue weighted by atomic mass is 19.1. The van der Waals surface area contributed by atoms with Crippen molar-refractivity contribution in [2.24, 2.45) is 10.4 Å². The number of hydrogen-bond donors (Lipinski definition) is 1. The predicted molar refractivity (Wildman–Crippen MR) is 95.2 cm³/mol. The monoisotopic (exact) mass is 345 g/mol. The maximum Gasteiger partial charge on any atom is 0.194 e. The molecule has 2 aromatic rings. The third-order valence-electron chi connectivity index (χ3n) is 5.54. The van der Waals surface area contributed by atoms with Gasteiger partial charge in [0.05, 0.1) is 13.2 Å². The fourth-order valence-corrected chi connectivity index (χ4v) is 3.99. The van der Waals surface area contributed by atoms with Crippen molar-refractivity contribution >= 4 is 16.9 Å². The van der Waals surface area contributed by atoms with Crippen molar-refractivity contribution in [3.05, 3.63) is 35.3 Å². The second-order valence-electron chi connectivity index (χ2n) is 7.17. The number of hydrogen-bond acceptors (Lipinski definition) is 3. The van der Waals surface area contributed by atoms with Crippen molar-refractivity contribution in [3.63, 3.8) is 0 Å². The number of ether oxygens (including phenoxy) is 1. The van der Waals surface area contributed by atoms with Crippen LogP contribution < -0.4 is 5.32 Å². The Balaban J connectivity index is 1.46. The summed E-state index contributed by atoms with van der Waals surface area (Å²) in [5.41, 5.74) is 1.98. The minimum absolute atomic E-state index is 0.243. The van der Waals surface area contributed by atoms with Gasteiger partial charge in [-0.1, -0.05) is 0 Å². The quantitative estimate of drug-likeness (QED) is 0.671. The van der Waals surface area contributed by atoms with Crippen LogP contribution in [0.15, 0.2) is 27.6 Å². The van der Waals surface area contributed by atoms with Gasteiger partial charge in [-0.05, 0) is 38.0 Å². The summed E-state index contributed by atoms with van der Waals surface area (Å²) in [4.78, 5) is 6.72. The van der Waals surface area contributed by atoms with Crippen LogP contribution in [0.4, 0.5) is 4.39 Å². The van der Waals surface area contributed by atoms with E-state index < -0.39 is 0 Å². The number of aliphatic imine (C=N–C) groups is 1. The number of halogens is 1. The number of aryl methyl sites for hydroxylation is 1. The standard InChI is InChI=1S/C19H24FN3O2/c1-13-15-9-14(20)3-4-16(15)25-17(13)10-22-18(21-2)23-7-5-19(11-23)6-8-24-12-19/h3-4,9H,5-8,10-12H2,1-2H3,(H,21,22). The SMILES string of the molecule is CN=C(NCc1oc2ccc(F)cc2c1C)N1CCC2(CCOC2)C1. The van der Waals surface area contributed by atoms with Crippen LogP contribution in [0.2, 0.25) is 0 Å². The first-order valence-corrected chi connectivity index (χ1v) is 8.81. The Kier molecular flexibility index (Phi) is 4.15. The Morgan fingerprint density at radius 2 is 2.28 bits per heavy atom. The highest BCUT2D eigenvalue weighted by Crippen LogP contribution is 2.38. The summed E-state index contributed by atoms with van der Waals surface area (Å²) in [5.74, 6) is 1.46. The molecule has 2 fully saturated rings. The zero-order chi connectivity index (χ0) is 17.4. The van der Waals surface area contributed by atoms with Crippen molar-refractivity contribution in [3.8, 4) is 0 Å². The molecule has 2 saturated heterocycles. The van der Waals surface area contributed by atoms with Gasteiger partial charge >= 0.3 is 0 Å². The molecular weight excluding hydrogens is 321 g/mol. The van der Waals surface area contributed by atoms with E-state index in [1.54, 1.807) is 13.1 Å². The molecule has 1 unspecified atom stereocenters. The maximum atomic E-state index is 13.5. The van der Waals surface area contributed by atoms with Gasteiger partial charge in [-0.2, -0.15) is 0 Å². The molecule has 25 heavy (non-hydrogen) atoms. The Morgan fingerprint density at radius 1 is 1.40 bits per heavy atom. The van der Waals surface area contributed by atoms with Crippen molar-refractivity contribution in [2.75, 3.05) is 33.4 Å². The van der Waals surface area contributed by atoms with Crippen LogP contribution in [0.3, 0.4) is 0 Å². The summed E-state index contributed by atoms with van der Waals surface area (Å²) in [7, 11) is 1.80. The highest BCUT2D eigenvalue weighted by molar-refractivity contribution is 5.83. The van der Waals surface area contributed by atoms with E-state index in [2.05, 4.69) is 15.2 Å². The normalized spacial score (nSPS) is 24.0. The molecule has 1 N–H and O–H groups in total. The number of guanidine groups is 1. The number of fused-ring (bicyclic) bond motifs is 1. The molecule has 0 radical (unpaired) electrons. The number of nitrogens with zero attached hydrogens (tertiary/aromatic N) is 2. The molecule has 1 spiro atoms. The van der Waals surface area contributed by atoms with E-state index >= 15 is 0 Å². The van der Waals surface area contributed by atoms with Crippen LogP contribution in [0.5, 0.6) is 0 Å². The Labute approximate surface area is 146 Å². The molecule has 2 aliphatic rings. The van der Waals surface area contributed by atoms with Crippen LogP contribution >= 0.6 is 0 Å². The maximum absolute atomic E-state index is 13.5. The van der Waals surface area contributed by atoms with E-state index in [1.807, 2.05) is 6.92 Å². The van der Waals surface area contributed by atoms with E-state index in [1.165, 1.54) is 12.1 Å². The van der Waals surface area contributed by atoms with E-state index in [0.717, 1.165) is 61.8 Å². The van der Waals surface area contributed by atoms with Crippen molar-refractivity contribution in [2.45, 2.75) is 26.3 Å². The molecule has 2 aliphatic heterocycles. The average Bonchev–Trinajstić information content (AvgIpc) is 3.31. The number of nitrogens with one attached hydrogen (secondary N) is 1. The van der Waals surface area contributed by atoms with Gasteiger partial charge in [0.1, 0.15) is 17.2 Å².